The van der Waals surface area contributed by atoms with Crippen LogP contribution in [0.4, 0.5) is 0 Å². The largest absolute Gasteiger partial charge is 0.460 e. The average molecular weight is 642 g/mol. The average Bonchev–Trinajstić information content (AvgIpc) is 2.95. The van der Waals surface area contributed by atoms with Crippen molar-refractivity contribution in [3.05, 3.63) is 46.0 Å². The topological polar surface area (TPSA) is 66.8 Å². The van der Waals surface area contributed by atoms with E-state index in [4.69, 9.17) is 4.74 Å². The van der Waals surface area contributed by atoms with Crippen LogP contribution in [0.5, 0.6) is 0 Å². The Balaban J connectivity index is 1.35. The van der Waals surface area contributed by atoms with E-state index in [0.717, 1.165) is 74.2 Å². The standard InChI is InChI=1S/C37H53BrO4/c1-32(2)17-19-37(31(41)42-22-24-7-9-25(38)10-8-24)20-18-35(5)26(27(37)21-32)11-12-29-33(3)15-14-30(40)34(4,23-39)28(33)13-16-36(29,35)6/h7-11,27-30,39-40H,12-23H2,1-6H3/t27-,28+,29+,30-,33-,34-,35+,36+,37-/m0/s1. The van der Waals surface area contributed by atoms with Crippen molar-refractivity contribution in [2.24, 2.45) is 50.2 Å². The lowest BCUT2D eigenvalue weighted by Gasteiger charge is -2.71. The molecule has 1 aromatic rings. The molecule has 4 fully saturated rings. The normalized spacial score (nSPS) is 45.9. The first kappa shape index (κ1) is 30.8. The molecular formula is C37H53BrO4. The van der Waals surface area contributed by atoms with E-state index in [1.54, 1.807) is 5.57 Å². The Morgan fingerprint density at radius 1 is 0.929 bits per heavy atom. The van der Waals surface area contributed by atoms with Crippen molar-refractivity contribution in [3.63, 3.8) is 0 Å². The number of rotatable bonds is 4. The summed E-state index contributed by atoms with van der Waals surface area (Å²) in [6.45, 7) is 14.9. The number of esters is 1. The van der Waals surface area contributed by atoms with Gasteiger partial charge >= 0.3 is 5.97 Å². The fourth-order valence-corrected chi connectivity index (χ4v) is 11.8. The lowest BCUT2D eigenvalue weighted by Crippen LogP contribution is -2.66. The second kappa shape index (κ2) is 10.2. The van der Waals surface area contributed by atoms with Crippen LogP contribution >= 0.6 is 15.9 Å². The summed E-state index contributed by atoms with van der Waals surface area (Å²) in [7, 11) is 0. The fraction of sp³-hybridized carbons (Fsp3) is 0.757. The van der Waals surface area contributed by atoms with E-state index in [9.17, 15) is 15.0 Å². The molecule has 5 aliphatic rings. The number of aliphatic hydroxyl groups is 2. The molecule has 0 heterocycles. The van der Waals surface area contributed by atoms with Gasteiger partial charge in [0.2, 0.25) is 0 Å². The Morgan fingerprint density at radius 2 is 1.62 bits per heavy atom. The van der Waals surface area contributed by atoms with E-state index in [2.05, 4.69) is 63.5 Å². The minimum atomic E-state index is -0.440. The molecular weight excluding hydrogens is 588 g/mol. The van der Waals surface area contributed by atoms with Gasteiger partial charge in [-0.25, -0.2) is 0 Å². The Bertz CT molecular complexity index is 1250. The van der Waals surface area contributed by atoms with Gasteiger partial charge in [-0.1, -0.05) is 81.3 Å². The van der Waals surface area contributed by atoms with Gasteiger partial charge in [-0.2, -0.15) is 0 Å². The maximum atomic E-state index is 14.2. The summed E-state index contributed by atoms with van der Waals surface area (Å²) in [6.07, 6.45) is 12.1. The highest BCUT2D eigenvalue weighted by Gasteiger charge is 2.69. The van der Waals surface area contributed by atoms with Crippen molar-refractivity contribution < 1.29 is 19.7 Å². The number of ether oxygens (including phenoxy) is 1. The summed E-state index contributed by atoms with van der Waals surface area (Å²) in [5, 5.41) is 21.6. The molecule has 0 aromatic heterocycles. The first-order chi connectivity index (χ1) is 19.7. The molecule has 232 valence electrons. The molecule has 0 bridgehead atoms. The van der Waals surface area contributed by atoms with Crippen molar-refractivity contribution in [2.75, 3.05) is 6.61 Å². The van der Waals surface area contributed by atoms with E-state index >= 15 is 0 Å². The number of hydrogen-bond donors (Lipinski definition) is 2. The Labute approximate surface area is 262 Å². The Kier molecular flexibility index (Phi) is 7.47. The zero-order valence-corrected chi connectivity index (χ0v) is 28.4. The molecule has 5 aliphatic carbocycles. The van der Waals surface area contributed by atoms with Gasteiger partial charge in [-0.05, 0) is 121 Å². The first-order valence-electron chi connectivity index (χ1n) is 16.6. The molecule has 0 radical (unpaired) electrons. The molecule has 0 spiro atoms. The Hall–Kier alpha value is -1.17. The maximum Gasteiger partial charge on any atom is 0.313 e. The maximum absolute atomic E-state index is 14.2. The SMILES string of the molecule is CC1(C)CC[C@]2(C(=O)OCc3ccc(Br)cc3)CC[C@]3(C)C(=CC[C@@H]4[C@@]5(C)CC[C@H](O)[C@@](C)(CO)[C@@H]5CC[C@]43C)[C@@H]2C1. The summed E-state index contributed by atoms with van der Waals surface area (Å²) < 4.78 is 7.21. The van der Waals surface area contributed by atoms with Crippen LogP contribution in [0.25, 0.3) is 0 Å². The summed E-state index contributed by atoms with van der Waals surface area (Å²) in [5.74, 6) is 1.05. The predicted molar refractivity (Wildman–Crippen MR) is 170 cm³/mol. The van der Waals surface area contributed by atoms with Crippen LogP contribution in [0.1, 0.15) is 111 Å². The van der Waals surface area contributed by atoms with E-state index in [1.807, 2.05) is 24.3 Å². The quantitative estimate of drug-likeness (QED) is 0.255. The Morgan fingerprint density at radius 3 is 2.31 bits per heavy atom. The van der Waals surface area contributed by atoms with Gasteiger partial charge in [0.05, 0.1) is 18.1 Å². The van der Waals surface area contributed by atoms with Crippen LogP contribution < -0.4 is 0 Å². The minimum Gasteiger partial charge on any atom is -0.460 e. The lowest BCUT2D eigenvalue weighted by molar-refractivity contribution is -0.217. The molecule has 0 amide bonds. The number of halogens is 1. The number of fused-ring (bicyclic) bond motifs is 7. The molecule has 0 saturated heterocycles. The van der Waals surface area contributed by atoms with E-state index in [0.29, 0.717) is 18.4 Å². The highest BCUT2D eigenvalue weighted by molar-refractivity contribution is 9.10. The van der Waals surface area contributed by atoms with E-state index < -0.39 is 16.9 Å². The molecule has 4 saturated carbocycles. The predicted octanol–water partition coefficient (Wildman–Crippen LogP) is 8.63. The third-order valence-corrected chi connectivity index (χ3v) is 15.0. The molecule has 0 aliphatic heterocycles. The van der Waals surface area contributed by atoms with Crippen LogP contribution in [-0.4, -0.2) is 28.9 Å². The number of hydrogen-bond acceptors (Lipinski definition) is 4. The zero-order valence-electron chi connectivity index (χ0n) is 26.8. The van der Waals surface area contributed by atoms with E-state index in [-0.39, 0.29) is 40.2 Å². The van der Waals surface area contributed by atoms with Crippen LogP contribution in [0.2, 0.25) is 0 Å². The van der Waals surface area contributed by atoms with Crippen LogP contribution in [0, 0.1) is 50.2 Å². The molecule has 0 unspecified atom stereocenters. The number of benzene rings is 1. The minimum absolute atomic E-state index is 0.0109. The van der Waals surface area contributed by atoms with Gasteiger partial charge in [0.15, 0.2) is 0 Å². The van der Waals surface area contributed by atoms with Gasteiger partial charge < -0.3 is 14.9 Å². The van der Waals surface area contributed by atoms with Crippen LogP contribution in [0.3, 0.4) is 0 Å². The number of carbonyl (C=O) groups is 1. The fourth-order valence-electron chi connectivity index (χ4n) is 11.5. The molecule has 42 heavy (non-hydrogen) atoms. The molecule has 9 atom stereocenters. The smallest absolute Gasteiger partial charge is 0.313 e. The van der Waals surface area contributed by atoms with Crippen molar-refractivity contribution in [1.29, 1.82) is 0 Å². The van der Waals surface area contributed by atoms with Crippen molar-refractivity contribution in [1.82, 2.24) is 0 Å². The van der Waals surface area contributed by atoms with Crippen molar-refractivity contribution in [3.8, 4) is 0 Å². The molecule has 4 nitrogen and oxygen atoms in total. The lowest BCUT2D eigenvalue weighted by atomic mass is 9.33. The second-order valence-electron chi connectivity index (χ2n) is 16.8. The molecule has 5 heteroatoms. The first-order valence-corrected chi connectivity index (χ1v) is 17.4. The van der Waals surface area contributed by atoms with Gasteiger partial charge in [-0.3, -0.25) is 4.79 Å². The van der Waals surface area contributed by atoms with Gasteiger partial charge in [-0.15, -0.1) is 0 Å². The van der Waals surface area contributed by atoms with E-state index in [1.165, 1.54) is 0 Å². The highest BCUT2D eigenvalue weighted by Crippen LogP contribution is 2.75. The van der Waals surface area contributed by atoms with Gasteiger partial charge in [0.1, 0.15) is 6.61 Å². The molecule has 6 rings (SSSR count). The van der Waals surface area contributed by atoms with Crippen molar-refractivity contribution >= 4 is 21.9 Å². The van der Waals surface area contributed by atoms with Gasteiger partial charge in [0.25, 0.3) is 0 Å². The number of allylic oxidation sites excluding steroid dienone is 2. The molecule has 1 aromatic carbocycles. The number of carbonyl (C=O) groups excluding carboxylic acids is 1. The third-order valence-electron chi connectivity index (χ3n) is 14.4. The monoisotopic (exact) mass is 640 g/mol. The molecule has 2 N–H and O–H groups in total. The van der Waals surface area contributed by atoms with Crippen LogP contribution in [-0.2, 0) is 16.1 Å². The third kappa shape index (κ3) is 4.29. The summed E-state index contributed by atoms with van der Waals surface area (Å²) in [6, 6.07) is 8.08. The van der Waals surface area contributed by atoms with Crippen molar-refractivity contribution in [2.45, 2.75) is 118 Å². The summed E-state index contributed by atoms with van der Waals surface area (Å²) in [5.41, 5.74) is 2.13. The second-order valence-corrected chi connectivity index (χ2v) is 17.7. The van der Waals surface area contributed by atoms with Crippen LogP contribution in [0.15, 0.2) is 40.4 Å². The zero-order chi connectivity index (χ0) is 30.3. The number of aliphatic hydroxyl groups excluding tert-OH is 2. The highest BCUT2D eigenvalue weighted by atomic mass is 79.9. The van der Waals surface area contributed by atoms with Gasteiger partial charge in [0, 0.05) is 9.89 Å². The summed E-state index contributed by atoms with van der Waals surface area (Å²) in [4.78, 5) is 14.2. The summed E-state index contributed by atoms with van der Waals surface area (Å²) >= 11 is 3.51.